The van der Waals surface area contributed by atoms with Crippen LogP contribution in [0.4, 0.5) is 0 Å². The van der Waals surface area contributed by atoms with Crippen molar-refractivity contribution in [2.24, 2.45) is 0 Å². The highest BCUT2D eigenvalue weighted by atomic mass is 32.2. The molecule has 0 saturated heterocycles. The molecule has 2 aromatic carbocycles. The number of likely N-dealkylation sites (N-methyl/N-ethyl adjacent to an activating group) is 1. The molecule has 0 radical (unpaired) electrons. The third-order valence-electron chi connectivity index (χ3n) is 5.24. The summed E-state index contributed by atoms with van der Waals surface area (Å²) >= 11 is 3.44. The van der Waals surface area contributed by atoms with Crippen LogP contribution in [-0.4, -0.2) is 47.8 Å². The van der Waals surface area contributed by atoms with Crippen molar-refractivity contribution in [3.8, 4) is 0 Å². The lowest BCUT2D eigenvalue weighted by molar-refractivity contribution is -0.125. The maximum atomic E-state index is 12.6. The van der Waals surface area contributed by atoms with Crippen LogP contribution < -0.4 is 16.0 Å². The molecule has 3 amide bonds. The van der Waals surface area contributed by atoms with Crippen LogP contribution in [0.15, 0.2) is 76.5 Å². The summed E-state index contributed by atoms with van der Waals surface area (Å²) in [5.41, 5.74) is 3.54. The van der Waals surface area contributed by atoms with Gasteiger partial charge in [-0.1, -0.05) is 36.4 Å². The highest BCUT2D eigenvalue weighted by Crippen LogP contribution is 2.37. The molecule has 1 aromatic heterocycles. The Hall–Kier alpha value is -3.63. The smallest absolute Gasteiger partial charge is 0.251 e. The Morgan fingerprint density at radius 3 is 1.97 bits per heavy atom. The summed E-state index contributed by atoms with van der Waals surface area (Å²) in [4.78, 5) is 47.7. The zero-order valence-corrected chi connectivity index (χ0v) is 21.2. The van der Waals surface area contributed by atoms with Gasteiger partial charge in [0.05, 0.1) is 35.5 Å². The Labute approximate surface area is 217 Å². The van der Waals surface area contributed by atoms with Crippen molar-refractivity contribution in [1.29, 1.82) is 0 Å². The molecule has 10 heteroatoms. The number of fused-ring (bicyclic) bond motifs is 3. The molecule has 0 atom stereocenters. The molecule has 0 fully saturated rings. The van der Waals surface area contributed by atoms with Gasteiger partial charge in [0.2, 0.25) is 11.8 Å². The summed E-state index contributed by atoms with van der Waals surface area (Å²) in [5.74, 6) is 0.192. The van der Waals surface area contributed by atoms with E-state index in [1.807, 2.05) is 36.4 Å². The predicted molar refractivity (Wildman–Crippen MR) is 142 cm³/mol. The van der Waals surface area contributed by atoms with Gasteiger partial charge in [-0.25, -0.2) is 9.97 Å². The van der Waals surface area contributed by atoms with Crippen molar-refractivity contribution in [2.75, 3.05) is 20.1 Å². The van der Waals surface area contributed by atoms with Gasteiger partial charge in [0.15, 0.2) is 0 Å². The number of carbonyl (C=O) groups excluding carboxylic acids is 3. The minimum absolute atomic E-state index is 0.142. The first-order valence-electron chi connectivity index (χ1n) is 11.3. The fraction of sp³-hybridized carbons (Fsp3) is 0.192. The normalized spacial score (nSPS) is 12.1. The Morgan fingerprint density at radius 1 is 0.750 bits per heavy atom. The quantitative estimate of drug-likeness (QED) is 0.474. The van der Waals surface area contributed by atoms with Gasteiger partial charge >= 0.3 is 0 Å². The summed E-state index contributed by atoms with van der Waals surface area (Å²) in [6.45, 7) is -0.377. The second kappa shape index (κ2) is 12.4. The molecule has 0 unspecified atom stereocenters. The fourth-order valence-electron chi connectivity index (χ4n) is 3.33. The molecule has 3 N–H and O–H groups in total. The fourth-order valence-corrected chi connectivity index (χ4v) is 5.50. The Kier molecular flexibility index (Phi) is 8.75. The molecule has 3 aromatic rings. The lowest BCUT2D eigenvalue weighted by atomic mass is 10.1. The molecule has 0 bridgehead atoms. The lowest BCUT2D eigenvalue weighted by Crippen LogP contribution is -2.41. The molecule has 1 aliphatic rings. The number of hydrogen-bond donors (Lipinski definition) is 3. The van der Waals surface area contributed by atoms with E-state index in [9.17, 15) is 14.4 Å². The molecule has 0 saturated carbocycles. The first-order chi connectivity index (χ1) is 17.5. The van der Waals surface area contributed by atoms with Crippen LogP contribution >= 0.6 is 23.5 Å². The van der Waals surface area contributed by atoms with Crippen LogP contribution in [0.3, 0.4) is 0 Å². The maximum absolute atomic E-state index is 12.6. The topological polar surface area (TPSA) is 113 Å². The average Bonchev–Trinajstić information content (AvgIpc) is 2.89. The van der Waals surface area contributed by atoms with E-state index >= 15 is 0 Å². The highest BCUT2D eigenvalue weighted by Gasteiger charge is 2.16. The van der Waals surface area contributed by atoms with Gasteiger partial charge in [-0.3, -0.25) is 14.4 Å². The van der Waals surface area contributed by atoms with Crippen molar-refractivity contribution < 1.29 is 14.4 Å². The Bertz CT molecular complexity index is 1360. The third kappa shape index (κ3) is 6.73. The number of carbonyl (C=O) groups is 3. The summed E-state index contributed by atoms with van der Waals surface area (Å²) < 4.78 is 0. The van der Waals surface area contributed by atoms with E-state index in [4.69, 9.17) is 9.97 Å². The van der Waals surface area contributed by atoms with Crippen LogP contribution in [0.25, 0.3) is 11.0 Å². The van der Waals surface area contributed by atoms with Crippen LogP contribution in [-0.2, 0) is 21.1 Å². The Morgan fingerprint density at radius 2 is 1.33 bits per heavy atom. The summed E-state index contributed by atoms with van der Waals surface area (Å²) in [7, 11) is 1.48. The number of benzene rings is 1. The molecule has 36 heavy (non-hydrogen) atoms. The van der Waals surface area contributed by atoms with Gasteiger partial charge in [0.1, 0.15) is 0 Å². The Balaban J connectivity index is 1.50. The molecular formula is C26H25N5O3S2. The largest absolute Gasteiger partial charge is 0.358 e. The van der Waals surface area contributed by atoms with E-state index < -0.39 is 11.8 Å². The number of amides is 3. The number of nitrogens with zero attached hydrogens (tertiary/aromatic N) is 2. The summed E-state index contributed by atoms with van der Waals surface area (Å²) in [6, 6.07) is 21.4. The summed E-state index contributed by atoms with van der Waals surface area (Å²) in [6.07, 6.45) is 0. The van der Waals surface area contributed by atoms with E-state index in [2.05, 4.69) is 28.1 Å². The zero-order chi connectivity index (χ0) is 25.3. The highest BCUT2D eigenvalue weighted by molar-refractivity contribution is 8.01. The molecule has 184 valence electrons. The van der Waals surface area contributed by atoms with Gasteiger partial charge < -0.3 is 16.0 Å². The second-order valence-corrected chi connectivity index (χ2v) is 9.78. The second-order valence-electron chi connectivity index (χ2n) is 7.75. The molecule has 4 rings (SSSR count). The lowest BCUT2D eigenvalue weighted by Gasteiger charge is -2.15. The van der Waals surface area contributed by atoms with Gasteiger partial charge in [0.25, 0.3) is 5.91 Å². The number of aromatic nitrogens is 2. The minimum atomic E-state index is -0.451. The molecule has 0 spiro atoms. The van der Waals surface area contributed by atoms with Gasteiger partial charge in [-0.15, -0.1) is 23.5 Å². The van der Waals surface area contributed by atoms with Crippen molar-refractivity contribution >= 4 is 52.3 Å². The standard InChI is InChI=1S/C26H25N5O3S2/c1-27-24(32)13-28-25(33)14-29-26(34)17-10-11-18-19(12-17)31-21-16-36-23-9-7-5-3-2-4-6-8-22(23)35-15-20(21)30-18/h2-12H,13-16H2,1H3,(H,27,32)(H,28,33)(H,29,34). The van der Waals surface area contributed by atoms with Crippen molar-refractivity contribution in [2.45, 2.75) is 21.3 Å². The zero-order valence-electron chi connectivity index (χ0n) is 19.6. The first-order valence-corrected chi connectivity index (χ1v) is 13.2. The van der Waals surface area contributed by atoms with Crippen LogP contribution in [0, 0.1) is 0 Å². The van der Waals surface area contributed by atoms with E-state index in [0.717, 1.165) is 11.4 Å². The maximum Gasteiger partial charge on any atom is 0.251 e. The number of rotatable bonds is 5. The van der Waals surface area contributed by atoms with Crippen molar-refractivity contribution in [1.82, 2.24) is 25.9 Å². The van der Waals surface area contributed by atoms with Crippen molar-refractivity contribution in [3.05, 3.63) is 83.7 Å². The van der Waals surface area contributed by atoms with Gasteiger partial charge in [-0.2, -0.15) is 0 Å². The first kappa shape index (κ1) is 25.5. The van der Waals surface area contributed by atoms with Crippen LogP contribution in [0.2, 0.25) is 0 Å². The third-order valence-corrected chi connectivity index (χ3v) is 7.54. The van der Waals surface area contributed by atoms with Crippen LogP contribution in [0.1, 0.15) is 21.7 Å². The van der Waals surface area contributed by atoms with E-state index in [0.29, 0.717) is 28.1 Å². The number of nitrogens with one attached hydrogen (secondary N) is 3. The minimum Gasteiger partial charge on any atom is -0.358 e. The van der Waals surface area contributed by atoms with E-state index in [1.54, 1.807) is 41.7 Å². The molecule has 2 heterocycles. The SMILES string of the molecule is CNC(=O)CNC(=O)CNC(=O)c1ccc2nc3c(nc2c1)CSc1ccccccccc1SC3. The monoisotopic (exact) mass is 519 g/mol. The molecule has 0 aliphatic carbocycles. The van der Waals surface area contributed by atoms with Crippen LogP contribution in [0.5, 0.6) is 0 Å². The van der Waals surface area contributed by atoms with E-state index in [1.165, 1.54) is 16.8 Å². The van der Waals surface area contributed by atoms with Crippen molar-refractivity contribution in [3.63, 3.8) is 0 Å². The number of hydrogen-bond acceptors (Lipinski definition) is 7. The summed E-state index contributed by atoms with van der Waals surface area (Å²) in [5, 5.41) is 7.42. The van der Waals surface area contributed by atoms with E-state index in [-0.39, 0.29) is 19.0 Å². The predicted octanol–water partition coefficient (Wildman–Crippen LogP) is 3.24. The number of thioether (sulfide) groups is 2. The molecular weight excluding hydrogens is 494 g/mol. The average molecular weight is 520 g/mol. The van der Waals surface area contributed by atoms with Gasteiger partial charge in [-0.05, 0) is 30.3 Å². The van der Waals surface area contributed by atoms with Gasteiger partial charge in [0, 0.05) is 33.9 Å². The molecule has 8 nitrogen and oxygen atoms in total. The molecule has 1 aliphatic heterocycles.